The number of nitrogens with zero attached hydrogens (tertiary/aromatic N) is 2. The van der Waals surface area contributed by atoms with Crippen LogP contribution in [-0.2, 0) is 17.6 Å². The van der Waals surface area contributed by atoms with Gasteiger partial charge in [0, 0.05) is 25.6 Å². The Bertz CT molecular complexity index is 982. The number of carbonyl (C=O) groups excluding carboxylic acids is 1. The van der Waals surface area contributed by atoms with Crippen molar-refractivity contribution in [1.29, 1.82) is 0 Å². The van der Waals surface area contributed by atoms with Gasteiger partial charge in [0.15, 0.2) is 0 Å². The topological polar surface area (TPSA) is 67.5 Å². The number of benzene rings is 2. The Morgan fingerprint density at radius 1 is 1.32 bits per heavy atom. The molecule has 0 aliphatic carbocycles. The number of aromatic nitrogens is 2. The molecule has 0 saturated carbocycles. The molecule has 0 fully saturated rings. The maximum absolute atomic E-state index is 13.0. The summed E-state index contributed by atoms with van der Waals surface area (Å²) in [6.45, 7) is 3.76. The van der Waals surface area contributed by atoms with Crippen molar-refractivity contribution in [2.45, 2.75) is 19.8 Å². The van der Waals surface area contributed by atoms with Crippen molar-refractivity contribution in [2.24, 2.45) is 5.92 Å². The fraction of sp³-hybridized carbons (Fsp3) is 0.364. The summed E-state index contributed by atoms with van der Waals surface area (Å²) < 4.78 is 11.1. The lowest BCUT2D eigenvalue weighted by atomic mass is 9.95. The van der Waals surface area contributed by atoms with Crippen LogP contribution in [0.1, 0.15) is 18.3 Å². The van der Waals surface area contributed by atoms with Gasteiger partial charge in [0.05, 0.1) is 24.1 Å². The number of carbonyl (C=O) groups is 1. The van der Waals surface area contributed by atoms with Gasteiger partial charge in [-0.15, -0.1) is 0 Å². The fourth-order valence-electron chi connectivity index (χ4n) is 3.70. The number of likely N-dealkylation sites (N-methyl/N-ethyl adjacent to an activating group) is 1. The first kappa shape index (κ1) is 18.3. The van der Waals surface area contributed by atoms with Crippen LogP contribution in [0.15, 0.2) is 42.5 Å². The van der Waals surface area contributed by atoms with E-state index in [2.05, 4.69) is 9.97 Å². The Hall–Kier alpha value is -3.02. The van der Waals surface area contributed by atoms with Crippen LogP contribution in [0.3, 0.4) is 0 Å². The quantitative estimate of drug-likeness (QED) is 0.714. The first-order chi connectivity index (χ1) is 13.7. The van der Waals surface area contributed by atoms with Gasteiger partial charge in [-0.05, 0) is 37.1 Å². The van der Waals surface area contributed by atoms with Crippen LogP contribution in [0.4, 0.5) is 0 Å². The molecule has 1 atom stereocenters. The van der Waals surface area contributed by atoms with Crippen molar-refractivity contribution < 1.29 is 14.3 Å². The number of fused-ring (bicyclic) bond motifs is 2. The van der Waals surface area contributed by atoms with E-state index in [9.17, 15) is 4.79 Å². The zero-order valence-electron chi connectivity index (χ0n) is 16.3. The van der Waals surface area contributed by atoms with Crippen molar-refractivity contribution in [3.63, 3.8) is 0 Å². The molecule has 6 nitrogen and oxygen atoms in total. The lowest BCUT2D eigenvalue weighted by Crippen LogP contribution is -2.41. The maximum atomic E-state index is 13.0. The molecule has 146 valence electrons. The summed E-state index contributed by atoms with van der Waals surface area (Å²) in [5.74, 6) is 2.59. The van der Waals surface area contributed by atoms with E-state index in [4.69, 9.17) is 9.47 Å². The Morgan fingerprint density at radius 3 is 3.00 bits per heavy atom. The molecule has 0 radical (unpaired) electrons. The Kier molecular flexibility index (Phi) is 5.19. The van der Waals surface area contributed by atoms with Crippen molar-refractivity contribution >= 4 is 16.9 Å². The zero-order valence-corrected chi connectivity index (χ0v) is 16.3. The molecule has 1 N–H and O–H groups in total. The summed E-state index contributed by atoms with van der Waals surface area (Å²) in [4.78, 5) is 22.9. The van der Waals surface area contributed by atoms with Gasteiger partial charge < -0.3 is 19.4 Å². The van der Waals surface area contributed by atoms with E-state index in [-0.39, 0.29) is 11.8 Å². The van der Waals surface area contributed by atoms with Gasteiger partial charge in [-0.2, -0.15) is 0 Å². The largest absolute Gasteiger partial charge is 0.497 e. The highest BCUT2D eigenvalue weighted by atomic mass is 16.5. The second-order valence-electron chi connectivity index (χ2n) is 7.05. The van der Waals surface area contributed by atoms with Gasteiger partial charge in [0.2, 0.25) is 5.91 Å². The second-order valence-corrected chi connectivity index (χ2v) is 7.05. The standard InChI is InChI=1S/C22H25N3O3/c1-3-25(22(26)16-12-15-6-4-5-7-20(15)28-14-16)11-10-21-23-18-9-8-17(27-2)13-19(18)24-21/h4-9,13,16H,3,10-12,14H2,1-2H3,(H,23,24)/t16-/m1/s1. The minimum Gasteiger partial charge on any atom is -0.497 e. The number of methoxy groups -OCH3 is 1. The number of nitrogens with one attached hydrogen (secondary N) is 1. The third-order valence-electron chi connectivity index (χ3n) is 5.28. The van der Waals surface area contributed by atoms with Crippen LogP contribution in [0, 0.1) is 5.92 Å². The summed E-state index contributed by atoms with van der Waals surface area (Å²) >= 11 is 0. The third-order valence-corrected chi connectivity index (χ3v) is 5.28. The van der Waals surface area contributed by atoms with E-state index in [1.807, 2.05) is 54.3 Å². The first-order valence-corrected chi connectivity index (χ1v) is 9.70. The Labute approximate surface area is 164 Å². The van der Waals surface area contributed by atoms with E-state index in [0.717, 1.165) is 40.3 Å². The minimum atomic E-state index is -0.130. The summed E-state index contributed by atoms with van der Waals surface area (Å²) in [6, 6.07) is 13.7. The maximum Gasteiger partial charge on any atom is 0.229 e. The highest BCUT2D eigenvalue weighted by molar-refractivity contribution is 5.80. The Balaban J connectivity index is 1.41. The molecular weight excluding hydrogens is 354 g/mol. The molecule has 0 unspecified atom stereocenters. The lowest BCUT2D eigenvalue weighted by Gasteiger charge is -2.29. The molecule has 6 heteroatoms. The molecule has 3 aromatic rings. The molecule has 1 aromatic heterocycles. The van der Waals surface area contributed by atoms with Crippen LogP contribution in [0.2, 0.25) is 0 Å². The fourth-order valence-corrected chi connectivity index (χ4v) is 3.70. The highest BCUT2D eigenvalue weighted by Crippen LogP contribution is 2.27. The molecule has 0 saturated heterocycles. The highest BCUT2D eigenvalue weighted by Gasteiger charge is 2.28. The van der Waals surface area contributed by atoms with Gasteiger partial charge in [-0.25, -0.2) is 4.98 Å². The molecule has 0 spiro atoms. The van der Waals surface area contributed by atoms with E-state index in [1.54, 1.807) is 7.11 Å². The van der Waals surface area contributed by atoms with E-state index in [0.29, 0.717) is 26.1 Å². The van der Waals surface area contributed by atoms with Gasteiger partial charge in [0.25, 0.3) is 0 Å². The molecule has 28 heavy (non-hydrogen) atoms. The number of rotatable bonds is 6. The first-order valence-electron chi connectivity index (χ1n) is 9.70. The predicted molar refractivity (Wildman–Crippen MR) is 108 cm³/mol. The molecule has 0 bridgehead atoms. The summed E-state index contributed by atoms with van der Waals surface area (Å²) in [6.07, 6.45) is 1.41. The molecule has 2 heterocycles. The van der Waals surface area contributed by atoms with Crippen molar-refractivity contribution in [3.05, 3.63) is 53.9 Å². The average Bonchev–Trinajstić information content (AvgIpc) is 3.15. The molecule has 1 aliphatic heterocycles. The number of ether oxygens (including phenoxy) is 2. The summed E-state index contributed by atoms with van der Waals surface area (Å²) in [5.41, 5.74) is 2.96. The van der Waals surface area contributed by atoms with Crippen molar-refractivity contribution in [1.82, 2.24) is 14.9 Å². The number of imidazole rings is 1. The summed E-state index contributed by atoms with van der Waals surface area (Å²) in [7, 11) is 1.65. The molecule has 1 aliphatic rings. The molecule has 1 amide bonds. The second kappa shape index (κ2) is 7.92. The zero-order chi connectivity index (χ0) is 19.5. The van der Waals surface area contributed by atoms with Crippen LogP contribution >= 0.6 is 0 Å². The van der Waals surface area contributed by atoms with Crippen LogP contribution in [-0.4, -0.2) is 47.6 Å². The van der Waals surface area contributed by atoms with Crippen molar-refractivity contribution in [2.75, 3.05) is 26.8 Å². The average molecular weight is 379 g/mol. The Morgan fingerprint density at radius 2 is 2.18 bits per heavy atom. The van der Waals surface area contributed by atoms with Gasteiger partial charge in [0.1, 0.15) is 23.9 Å². The summed E-state index contributed by atoms with van der Waals surface area (Å²) in [5, 5.41) is 0. The van der Waals surface area contributed by atoms with E-state index >= 15 is 0 Å². The predicted octanol–water partition coefficient (Wildman–Crippen LogP) is 3.21. The number of para-hydroxylation sites is 1. The van der Waals surface area contributed by atoms with Crippen molar-refractivity contribution in [3.8, 4) is 11.5 Å². The lowest BCUT2D eigenvalue weighted by molar-refractivity contribution is -0.136. The van der Waals surface area contributed by atoms with E-state index in [1.165, 1.54) is 0 Å². The van der Waals surface area contributed by atoms with Gasteiger partial charge >= 0.3 is 0 Å². The third kappa shape index (κ3) is 3.67. The number of aromatic amines is 1. The van der Waals surface area contributed by atoms with Gasteiger partial charge in [-0.3, -0.25) is 4.79 Å². The molecule has 2 aromatic carbocycles. The minimum absolute atomic E-state index is 0.130. The van der Waals surface area contributed by atoms with E-state index < -0.39 is 0 Å². The van der Waals surface area contributed by atoms with Crippen LogP contribution in [0.5, 0.6) is 11.5 Å². The van der Waals surface area contributed by atoms with Crippen LogP contribution < -0.4 is 9.47 Å². The number of hydrogen-bond donors (Lipinski definition) is 1. The monoisotopic (exact) mass is 379 g/mol. The van der Waals surface area contributed by atoms with Crippen LogP contribution in [0.25, 0.3) is 11.0 Å². The van der Waals surface area contributed by atoms with Gasteiger partial charge in [-0.1, -0.05) is 18.2 Å². The number of H-pyrrole nitrogens is 1. The normalized spacial score (nSPS) is 15.7. The number of hydrogen-bond acceptors (Lipinski definition) is 4. The number of amides is 1. The molecular formula is C22H25N3O3. The smallest absolute Gasteiger partial charge is 0.229 e. The molecule has 4 rings (SSSR count). The SMILES string of the molecule is CCN(CCc1nc2ccc(OC)cc2[nH]1)C(=O)[C@H]1COc2ccccc2C1.